The number of hydrogen-bond donors (Lipinski definition) is 2. The lowest BCUT2D eigenvalue weighted by Gasteiger charge is -2.32. The van der Waals surface area contributed by atoms with Crippen LogP contribution < -0.4 is 10.1 Å². The van der Waals surface area contributed by atoms with Crippen molar-refractivity contribution in [2.45, 2.75) is 60.3 Å². The van der Waals surface area contributed by atoms with E-state index in [1.165, 1.54) is 11.1 Å². The lowest BCUT2D eigenvalue weighted by Crippen LogP contribution is -2.29. The molecule has 0 radical (unpaired) electrons. The average Bonchev–Trinajstić information content (AvgIpc) is 2.97. The highest BCUT2D eigenvalue weighted by Gasteiger charge is 2.39. The van der Waals surface area contributed by atoms with E-state index in [4.69, 9.17) is 4.74 Å². The minimum Gasteiger partial charge on any atom is -0.496 e. The van der Waals surface area contributed by atoms with Crippen LogP contribution in [0.25, 0.3) is 0 Å². The van der Waals surface area contributed by atoms with Crippen LogP contribution in [-0.4, -0.2) is 31.9 Å². The maximum Gasteiger partial charge on any atom is 0.122 e. The van der Waals surface area contributed by atoms with Crippen LogP contribution in [0.3, 0.4) is 0 Å². The molecule has 2 N–H and O–H groups in total. The molecule has 1 aromatic carbocycles. The number of nitrogens with one attached hydrogen (secondary N) is 1. The third kappa shape index (κ3) is 4.31. The van der Waals surface area contributed by atoms with Crippen molar-refractivity contribution in [3.63, 3.8) is 0 Å². The van der Waals surface area contributed by atoms with E-state index >= 15 is 0 Å². The summed E-state index contributed by atoms with van der Waals surface area (Å²) in [4.78, 5) is 0. The van der Waals surface area contributed by atoms with E-state index in [9.17, 15) is 5.11 Å². The molecule has 2 unspecified atom stereocenters. The fraction of sp³-hybridized carbons (Fsp3) is 0.714. The highest BCUT2D eigenvalue weighted by molar-refractivity contribution is 5.42. The van der Waals surface area contributed by atoms with Gasteiger partial charge in [-0.15, -0.1) is 0 Å². The van der Waals surface area contributed by atoms with Crippen LogP contribution in [0, 0.1) is 10.8 Å². The summed E-state index contributed by atoms with van der Waals surface area (Å²) in [5.41, 5.74) is 2.66. The van der Waals surface area contributed by atoms with Gasteiger partial charge in [-0.25, -0.2) is 0 Å². The zero-order chi connectivity index (χ0) is 18.5. The number of hydrogen-bond acceptors (Lipinski definition) is 3. The van der Waals surface area contributed by atoms with Crippen LogP contribution >= 0.6 is 0 Å². The molecule has 3 heteroatoms. The monoisotopic (exact) mass is 335 g/mol. The molecule has 0 amide bonds. The smallest absolute Gasteiger partial charge is 0.122 e. The van der Waals surface area contributed by atoms with Crippen molar-refractivity contribution in [3.05, 3.63) is 29.3 Å². The number of benzene rings is 1. The summed E-state index contributed by atoms with van der Waals surface area (Å²) < 4.78 is 5.59. The van der Waals surface area contributed by atoms with Crippen LogP contribution in [0.5, 0.6) is 5.75 Å². The predicted octanol–water partition coefficient (Wildman–Crippen LogP) is 4.56. The first-order valence-corrected chi connectivity index (χ1v) is 9.22. The van der Waals surface area contributed by atoms with Crippen molar-refractivity contribution in [1.29, 1.82) is 0 Å². The van der Waals surface area contributed by atoms with Crippen molar-refractivity contribution in [2.24, 2.45) is 10.8 Å². The highest BCUT2D eigenvalue weighted by atomic mass is 16.5. The van der Waals surface area contributed by atoms with Gasteiger partial charge in [-0.1, -0.05) is 60.6 Å². The number of methoxy groups -OCH3 is 1. The summed E-state index contributed by atoms with van der Waals surface area (Å²) in [7, 11) is 1.74. The minimum atomic E-state index is -0.0865. The second-order valence-corrected chi connectivity index (χ2v) is 8.08. The topological polar surface area (TPSA) is 41.5 Å². The zero-order valence-electron chi connectivity index (χ0n) is 16.9. The second-order valence-electron chi connectivity index (χ2n) is 8.08. The summed E-state index contributed by atoms with van der Waals surface area (Å²) in [6.07, 6.45) is 0. The van der Waals surface area contributed by atoms with Gasteiger partial charge in [0.2, 0.25) is 0 Å². The van der Waals surface area contributed by atoms with Gasteiger partial charge in [0.25, 0.3) is 0 Å². The maximum absolute atomic E-state index is 9.80. The van der Waals surface area contributed by atoms with Crippen molar-refractivity contribution in [1.82, 2.24) is 5.32 Å². The molecule has 3 nitrogen and oxygen atoms in total. The van der Waals surface area contributed by atoms with E-state index in [-0.39, 0.29) is 17.4 Å². The molecule has 0 aromatic heterocycles. The molecule has 1 saturated heterocycles. The Morgan fingerprint density at radius 1 is 1.33 bits per heavy atom. The number of aliphatic hydroxyl groups is 1. The van der Waals surface area contributed by atoms with Crippen LogP contribution in [-0.2, 0) is 0 Å². The number of aliphatic hydroxyl groups excluding tert-OH is 1. The van der Waals surface area contributed by atoms with Gasteiger partial charge in [0, 0.05) is 24.4 Å². The van der Waals surface area contributed by atoms with Gasteiger partial charge in [-0.3, -0.25) is 0 Å². The Morgan fingerprint density at radius 3 is 2.46 bits per heavy atom. The fourth-order valence-electron chi connectivity index (χ4n) is 3.33. The van der Waals surface area contributed by atoms with Gasteiger partial charge < -0.3 is 15.2 Å². The first kappa shape index (κ1) is 21.0. The molecule has 1 aliphatic rings. The van der Waals surface area contributed by atoms with E-state index in [0.29, 0.717) is 11.8 Å². The third-order valence-corrected chi connectivity index (χ3v) is 5.50. The van der Waals surface area contributed by atoms with Crippen molar-refractivity contribution in [2.75, 3.05) is 26.8 Å². The van der Waals surface area contributed by atoms with Crippen molar-refractivity contribution in [3.8, 4) is 5.75 Å². The van der Waals surface area contributed by atoms with Crippen LogP contribution in [0.1, 0.15) is 71.4 Å². The van der Waals surface area contributed by atoms with E-state index in [1.54, 1.807) is 7.11 Å². The molecule has 0 bridgehead atoms. The Kier molecular flexibility index (Phi) is 7.30. The van der Waals surface area contributed by atoms with Crippen molar-refractivity contribution < 1.29 is 9.84 Å². The molecule has 1 fully saturated rings. The Balaban J connectivity index is 0.00000139. The zero-order valence-corrected chi connectivity index (χ0v) is 16.9. The SMILES string of the molecule is CC.COc1ccc(C2CNC[C@@]2(C)CO)cc1C(C)C(C)(C)C. The summed E-state index contributed by atoms with van der Waals surface area (Å²) >= 11 is 0. The Hall–Kier alpha value is -1.06. The van der Waals surface area contributed by atoms with Crippen LogP contribution in [0.4, 0.5) is 0 Å². The molecular formula is C21H37NO2. The molecule has 1 aromatic rings. The predicted molar refractivity (Wildman–Crippen MR) is 103 cm³/mol. The van der Waals surface area contributed by atoms with Gasteiger partial charge in [-0.2, -0.15) is 0 Å². The molecule has 2 rings (SSSR count). The third-order valence-electron chi connectivity index (χ3n) is 5.50. The summed E-state index contributed by atoms with van der Waals surface area (Å²) in [6.45, 7) is 17.2. The largest absolute Gasteiger partial charge is 0.496 e. The molecule has 0 spiro atoms. The number of ether oxygens (including phenoxy) is 1. The van der Waals surface area contributed by atoms with E-state index in [1.807, 2.05) is 13.8 Å². The Bertz CT molecular complexity index is 521. The molecule has 1 heterocycles. The maximum atomic E-state index is 9.80. The van der Waals surface area contributed by atoms with Crippen LogP contribution in [0.15, 0.2) is 18.2 Å². The van der Waals surface area contributed by atoms with Gasteiger partial charge in [0.1, 0.15) is 5.75 Å². The average molecular weight is 336 g/mol. The van der Waals surface area contributed by atoms with Crippen molar-refractivity contribution >= 4 is 0 Å². The van der Waals surface area contributed by atoms with Gasteiger partial charge in [-0.05, 0) is 28.5 Å². The Labute approximate surface area is 148 Å². The first-order valence-electron chi connectivity index (χ1n) is 9.22. The molecule has 1 aliphatic heterocycles. The number of rotatable bonds is 4. The molecule has 3 atom stereocenters. The summed E-state index contributed by atoms with van der Waals surface area (Å²) in [6, 6.07) is 6.53. The quantitative estimate of drug-likeness (QED) is 0.848. The summed E-state index contributed by atoms with van der Waals surface area (Å²) in [5.74, 6) is 1.70. The minimum absolute atomic E-state index is 0.0865. The van der Waals surface area contributed by atoms with Gasteiger partial charge in [0.05, 0.1) is 13.7 Å². The molecule has 0 aliphatic carbocycles. The molecular weight excluding hydrogens is 298 g/mol. The normalized spacial score (nSPS) is 25.0. The van der Waals surface area contributed by atoms with Crippen LogP contribution in [0.2, 0.25) is 0 Å². The lowest BCUT2D eigenvalue weighted by atomic mass is 9.73. The second kappa shape index (κ2) is 8.35. The molecule has 24 heavy (non-hydrogen) atoms. The molecule has 138 valence electrons. The highest BCUT2D eigenvalue weighted by Crippen LogP contribution is 2.43. The Morgan fingerprint density at radius 2 is 1.96 bits per heavy atom. The summed E-state index contributed by atoms with van der Waals surface area (Å²) in [5, 5.41) is 13.2. The van der Waals surface area contributed by atoms with Gasteiger partial charge >= 0.3 is 0 Å². The van der Waals surface area contributed by atoms with E-state index in [0.717, 1.165) is 18.8 Å². The van der Waals surface area contributed by atoms with E-state index in [2.05, 4.69) is 58.1 Å². The fourth-order valence-corrected chi connectivity index (χ4v) is 3.33. The van der Waals surface area contributed by atoms with Gasteiger partial charge in [0.15, 0.2) is 0 Å². The standard InChI is InChI=1S/C19H31NO2.C2H6/c1-13(18(2,3)4)15-9-14(7-8-17(15)22-6)16-10-20-11-19(16,5)12-21;1-2/h7-9,13,16,20-21H,10-12H2,1-6H3;1-2H3/t13?,16?,19-;/m0./s1. The van der Waals surface area contributed by atoms with E-state index < -0.39 is 0 Å². The first-order chi connectivity index (χ1) is 11.2. The lowest BCUT2D eigenvalue weighted by molar-refractivity contribution is 0.144. The molecule has 0 saturated carbocycles.